The number of aromatic amines is 1. The standard InChI is InChI=1S/C14H22N4O3/c1-8(2)11-10(15)12(17-16-11)13(19)18-6-4-9(5-7-18)14(20)21-3/h8-9H,4-7,15H2,1-3H3,(H,16,17). The minimum Gasteiger partial charge on any atom is -0.469 e. The molecule has 0 spiro atoms. The van der Waals surface area contributed by atoms with Crippen LogP contribution in [-0.2, 0) is 9.53 Å². The average molecular weight is 294 g/mol. The Morgan fingerprint density at radius 1 is 1.38 bits per heavy atom. The summed E-state index contributed by atoms with van der Waals surface area (Å²) < 4.78 is 4.74. The molecule has 1 aliphatic heterocycles. The lowest BCUT2D eigenvalue weighted by Gasteiger charge is -2.30. The van der Waals surface area contributed by atoms with Crippen LogP contribution >= 0.6 is 0 Å². The first-order valence-corrected chi connectivity index (χ1v) is 7.16. The third kappa shape index (κ3) is 3.01. The fraction of sp³-hybridized carbons (Fsp3) is 0.643. The van der Waals surface area contributed by atoms with Gasteiger partial charge in [-0.2, -0.15) is 5.10 Å². The number of hydrogen-bond acceptors (Lipinski definition) is 5. The number of nitrogens with one attached hydrogen (secondary N) is 1. The molecule has 0 atom stereocenters. The number of ether oxygens (including phenoxy) is 1. The van der Waals surface area contributed by atoms with E-state index in [1.807, 2.05) is 13.8 Å². The summed E-state index contributed by atoms with van der Waals surface area (Å²) in [5, 5.41) is 6.88. The Hall–Kier alpha value is -2.05. The number of H-pyrrole nitrogens is 1. The summed E-state index contributed by atoms with van der Waals surface area (Å²) in [6, 6.07) is 0. The van der Waals surface area contributed by atoms with E-state index in [2.05, 4.69) is 10.2 Å². The third-order valence-corrected chi connectivity index (χ3v) is 3.93. The van der Waals surface area contributed by atoms with Gasteiger partial charge in [0.1, 0.15) is 0 Å². The lowest BCUT2D eigenvalue weighted by Crippen LogP contribution is -2.40. The zero-order chi connectivity index (χ0) is 15.6. The monoisotopic (exact) mass is 294 g/mol. The normalized spacial score (nSPS) is 16.3. The molecule has 21 heavy (non-hydrogen) atoms. The fourth-order valence-corrected chi connectivity index (χ4v) is 2.60. The molecule has 1 aromatic heterocycles. The molecule has 0 bridgehead atoms. The molecule has 0 aromatic carbocycles. The Bertz CT molecular complexity index is 530. The molecule has 0 unspecified atom stereocenters. The summed E-state index contributed by atoms with van der Waals surface area (Å²) in [5.41, 5.74) is 7.47. The summed E-state index contributed by atoms with van der Waals surface area (Å²) in [6.45, 7) is 5.00. The molecule has 3 N–H and O–H groups in total. The number of esters is 1. The lowest BCUT2D eigenvalue weighted by molar-refractivity contribution is -0.146. The minimum absolute atomic E-state index is 0.123. The van der Waals surface area contributed by atoms with Crippen molar-refractivity contribution in [1.29, 1.82) is 0 Å². The number of nitrogens with zero attached hydrogens (tertiary/aromatic N) is 2. The number of likely N-dealkylation sites (tertiary alicyclic amines) is 1. The van der Waals surface area contributed by atoms with E-state index in [1.165, 1.54) is 7.11 Å². The van der Waals surface area contributed by atoms with Gasteiger partial charge >= 0.3 is 5.97 Å². The highest BCUT2D eigenvalue weighted by Crippen LogP contribution is 2.25. The Morgan fingerprint density at radius 2 is 2.00 bits per heavy atom. The van der Waals surface area contributed by atoms with E-state index in [-0.39, 0.29) is 29.4 Å². The number of carbonyl (C=O) groups excluding carboxylic acids is 2. The van der Waals surface area contributed by atoms with Gasteiger partial charge in [-0.25, -0.2) is 0 Å². The van der Waals surface area contributed by atoms with Crippen LogP contribution in [0.1, 0.15) is 48.8 Å². The van der Waals surface area contributed by atoms with Crippen LogP contribution in [0.4, 0.5) is 5.69 Å². The van der Waals surface area contributed by atoms with E-state index < -0.39 is 0 Å². The zero-order valence-corrected chi connectivity index (χ0v) is 12.7. The first kappa shape index (κ1) is 15.3. The maximum atomic E-state index is 12.4. The van der Waals surface area contributed by atoms with Gasteiger partial charge in [-0.1, -0.05) is 13.8 Å². The molecular weight excluding hydrogens is 272 g/mol. The van der Waals surface area contributed by atoms with Crippen LogP contribution < -0.4 is 5.73 Å². The van der Waals surface area contributed by atoms with E-state index >= 15 is 0 Å². The number of piperidine rings is 1. The lowest BCUT2D eigenvalue weighted by atomic mass is 9.96. The number of nitrogen functional groups attached to an aromatic ring is 1. The van der Waals surface area contributed by atoms with Crippen LogP contribution in [0.15, 0.2) is 0 Å². The Morgan fingerprint density at radius 3 is 2.48 bits per heavy atom. The minimum atomic E-state index is -0.205. The summed E-state index contributed by atoms with van der Waals surface area (Å²) in [5.74, 6) is -0.326. The van der Waals surface area contributed by atoms with Gasteiger partial charge in [0.25, 0.3) is 5.91 Å². The molecule has 2 rings (SSSR count). The van der Waals surface area contributed by atoms with Crippen LogP contribution in [0.2, 0.25) is 0 Å². The number of hydrogen-bond donors (Lipinski definition) is 2. The molecule has 7 nitrogen and oxygen atoms in total. The number of nitrogens with two attached hydrogens (primary N) is 1. The van der Waals surface area contributed by atoms with E-state index in [9.17, 15) is 9.59 Å². The molecule has 0 aliphatic carbocycles. The quantitative estimate of drug-likeness (QED) is 0.814. The maximum absolute atomic E-state index is 12.4. The smallest absolute Gasteiger partial charge is 0.308 e. The Labute approximate surface area is 123 Å². The van der Waals surface area contributed by atoms with Gasteiger partial charge in [0.2, 0.25) is 0 Å². The van der Waals surface area contributed by atoms with Crippen LogP contribution in [0.3, 0.4) is 0 Å². The second kappa shape index (κ2) is 6.15. The van der Waals surface area contributed by atoms with Gasteiger partial charge in [-0.05, 0) is 18.8 Å². The van der Waals surface area contributed by atoms with Gasteiger partial charge < -0.3 is 15.4 Å². The van der Waals surface area contributed by atoms with E-state index in [0.29, 0.717) is 31.6 Å². The van der Waals surface area contributed by atoms with Crippen LogP contribution in [0.5, 0.6) is 0 Å². The van der Waals surface area contributed by atoms with Crippen LogP contribution in [0.25, 0.3) is 0 Å². The van der Waals surface area contributed by atoms with Crippen molar-refractivity contribution < 1.29 is 14.3 Å². The Kier molecular flexibility index (Phi) is 4.50. The van der Waals surface area contributed by atoms with Gasteiger partial charge in [0.05, 0.1) is 24.4 Å². The van der Waals surface area contributed by atoms with Crippen molar-refractivity contribution in [1.82, 2.24) is 15.1 Å². The number of carbonyl (C=O) groups is 2. The molecule has 1 aromatic rings. The number of rotatable bonds is 3. The maximum Gasteiger partial charge on any atom is 0.308 e. The SMILES string of the molecule is COC(=O)C1CCN(C(=O)c2n[nH]c(C(C)C)c2N)CC1. The Balaban J connectivity index is 2.04. The predicted octanol–water partition coefficient (Wildman–Crippen LogP) is 1.14. The molecule has 1 amide bonds. The second-order valence-corrected chi connectivity index (χ2v) is 5.64. The number of aromatic nitrogens is 2. The van der Waals surface area contributed by atoms with Crippen molar-refractivity contribution >= 4 is 17.6 Å². The number of anilines is 1. The predicted molar refractivity (Wildman–Crippen MR) is 77.7 cm³/mol. The first-order valence-electron chi connectivity index (χ1n) is 7.16. The molecule has 1 aliphatic rings. The van der Waals surface area contributed by atoms with Gasteiger partial charge in [-0.3, -0.25) is 14.7 Å². The number of methoxy groups -OCH3 is 1. The molecule has 2 heterocycles. The van der Waals surface area contributed by atoms with Gasteiger partial charge in [-0.15, -0.1) is 0 Å². The summed E-state index contributed by atoms with van der Waals surface area (Å²) in [6.07, 6.45) is 1.22. The van der Waals surface area contributed by atoms with Gasteiger partial charge in [0, 0.05) is 13.1 Å². The third-order valence-electron chi connectivity index (χ3n) is 3.93. The van der Waals surface area contributed by atoms with E-state index in [0.717, 1.165) is 5.69 Å². The summed E-state index contributed by atoms with van der Waals surface area (Å²) in [7, 11) is 1.39. The summed E-state index contributed by atoms with van der Waals surface area (Å²) >= 11 is 0. The van der Waals surface area contributed by atoms with Crippen molar-refractivity contribution in [2.24, 2.45) is 5.92 Å². The molecule has 1 fully saturated rings. The van der Waals surface area contributed by atoms with Crippen molar-refractivity contribution in [3.63, 3.8) is 0 Å². The van der Waals surface area contributed by atoms with Gasteiger partial charge in [0.15, 0.2) is 5.69 Å². The van der Waals surface area contributed by atoms with E-state index in [1.54, 1.807) is 4.90 Å². The largest absolute Gasteiger partial charge is 0.469 e. The summed E-state index contributed by atoms with van der Waals surface area (Å²) in [4.78, 5) is 25.6. The van der Waals surface area contributed by atoms with Crippen LogP contribution in [-0.4, -0.2) is 47.2 Å². The first-order chi connectivity index (χ1) is 9.95. The number of amides is 1. The van der Waals surface area contributed by atoms with Crippen LogP contribution in [0, 0.1) is 5.92 Å². The second-order valence-electron chi connectivity index (χ2n) is 5.64. The molecule has 1 saturated heterocycles. The molecule has 116 valence electrons. The zero-order valence-electron chi connectivity index (χ0n) is 12.7. The van der Waals surface area contributed by atoms with Crippen molar-refractivity contribution in [2.75, 3.05) is 25.9 Å². The molecule has 7 heteroatoms. The van der Waals surface area contributed by atoms with Crippen molar-refractivity contribution in [3.8, 4) is 0 Å². The van der Waals surface area contributed by atoms with Crippen molar-refractivity contribution in [2.45, 2.75) is 32.6 Å². The highest BCUT2D eigenvalue weighted by Gasteiger charge is 2.30. The fourth-order valence-electron chi connectivity index (χ4n) is 2.60. The molecule has 0 saturated carbocycles. The highest BCUT2D eigenvalue weighted by molar-refractivity contribution is 5.97. The topological polar surface area (TPSA) is 101 Å². The van der Waals surface area contributed by atoms with Crippen molar-refractivity contribution in [3.05, 3.63) is 11.4 Å². The highest BCUT2D eigenvalue weighted by atomic mass is 16.5. The van der Waals surface area contributed by atoms with E-state index in [4.69, 9.17) is 10.5 Å². The average Bonchev–Trinajstić information content (AvgIpc) is 2.87. The molecular formula is C14H22N4O3. The molecule has 0 radical (unpaired) electrons.